The van der Waals surface area contributed by atoms with Crippen molar-refractivity contribution in [2.45, 2.75) is 130 Å². The van der Waals surface area contributed by atoms with E-state index in [2.05, 4.69) is 10.3 Å². The van der Waals surface area contributed by atoms with Crippen molar-refractivity contribution in [1.29, 1.82) is 0 Å². The zero-order chi connectivity index (χ0) is 35.6. The van der Waals surface area contributed by atoms with Gasteiger partial charge in [0.2, 0.25) is 17.7 Å². The Morgan fingerprint density at radius 2 is 1.82 bits per heavy atom. The van der Waals surface area contributed by atoms with Crippen molar-refractivity contribution in [3.8, 4) is 11.6 Å². The van der Waals surface area contributed by atoms with Gasteiger partial charge in [-0.2, -0.15) is 0 Å². The molecule has 1 aromatic carbocycles. The number of fused-ring (bicyclic) bond motifs is 5. The van der Waals surface area contributed by atoms with Gasteiger partial charge in [0.1, 0.15) is 35.5 Å². The van der Waals surface area contributed by atoms with Crippen LogP contribution in [0.25, 0.3) is 11.0 Å². The van der Waals surface area contributed by atoms with Crippen LogP contribution in [0.3, 0.4) is 0 Å². The highest BCUT2D eigenvalue weighted by molar-refractivity contribution is 5.92. The maximum absolute atomic E-state index is 14.4. The maximum atomic E-state index is 14.4. The number of aromatic nitrogens is 3. The molecule has 1 saturated carbocycles. The van der Waals surface area contributed by atoms with Gasteiger partial charge in [0.25, 0.3) is 0 Å². The molecular formula is C38H51N5O7. The Bertz CT molecular complexity index is 1700. The molecule has 12 heteroatoms. The van der Waals surface area contributed by atoms with Crippen molar-refractivity contribution in [3.05, 3.63) is 41.7 Å². The van der Waals surface area contributed by atoms with E-state index in [0.717, 1.165) is 56.2 Å². The molecule has 2 bridgehead atoms. The summed E-state index contributed by atoms with van der Waals surface area (Å²) in [4.78, 5) is 56.8. The lowest BCUT2D eigenvalue weighted by atomic mass is 9.85. The molecule has 2 fully saturated rings. The molecular weight excluding hydrogens is 638 g/mol. The molecule has 50 heavy (non-hydrogen) atoms. The molecule has 0 unspecified atom stereocenters. The SMILES string of the molecule is CC[C@@H]1[C@@H]2CN(C(=O)[C@H](C(C)(C)C)NC(=O)O[C@@H]3CCC[C@H]3CCCCCc3nc4ccc(OCc5ncc(C)o5)cc4nc3O2)[C@@H]1C(C)=O. The lowest BCUT2D eigenvalue weighted by Gasteiger charge is -2.35. The fraction of sp³-hybridized carbons (Fsp3) is 0.632. The molecule has 1 N–H and O–H groups in total. The van der Waals surface area contributed by atoms with Crippen molar-refractivity contribution in [3.63, 3.8) is 0 Å². The Morgan fingerprint density at radius 3 is 2.54 bits per heavy atom. The number of alkyl carbamates (subject to hydrolysis) is 1. The number of carbonyl (C=O) groups excluding carboxylic acids is 3. The highest BCUT2D eigenvalue weighted by Crippen LogP contribution is 2.37. The Hall–Kier alpha value is -4.22. The first kappa shape index (κ1) is 35.6. The fourth-order valence-electron chi connectivity index (χ4n) is 7.86. The Kier molecular flexibility index (Phi) is 10.6. The van der Waals surface area contributed by atoms with E-state index in [1.165, 1.54) is 6.92 Å². The Labute approximate surface area is 294 Å². The molecule has 12 nitrogen and oxygen atoms in total. The molecule has 0 radical (unpaired) electrons. The first-order valence-electron chi connectivity index (χ1n) is 18.2. The van der Waals surface area contributed by atoms with Gasteiger partial charge in [-0.3, -0.25) is 9.59 Å². The van der Waals surface area contributed by atoms with Crippen LogP contribution in [0.4, 0.5) is 4.79 Å². The summed E-state index contributed by atoms with van der Waals surface area (Å²) >= 11 is 0. The number of benzene rings is 1. The molecule has 3 aliphatic rings. The number of hydrogen-bond donors (Lipinski definition) is 1. The number of ether oxygens (including phenoxy) is 3. The topological polar surface area (TPSA) is 146 Å². The van der Waals surface area contributed by atoms with E-state index in [1.54, 1.807) is 11.1 Å². The fourth-order valence-corrected chi connectivity index (χ4v) is 7.86. The van der Waals surface area contributed by atoms with Crippen molar-refractivity contribution >= 4 is 28.8 Å². The summed E-state index contributed by atoms with van der Waals surface area (Å²) in [5, 5.41) is 2.91. The van der Waals surface area contributed by atoms with Crippen molar-refractivity contribution in [2.24, 2.45) is 17.3 Å². The molecule has 0 spiro atoms. The van der Waals surface area contributed by atoms with Gasteiger partial charge in [-0.25, -0.2) is 19.7 Å². The summed E-state index contributed by atoms with van der Waals surface area (Å²) in [5.41, 5.74) is 1.44. The number of nitrogens with zero attached hydrogens (tertiary/aromatic N) is 4. The quantitative estimate of drug-likeness (QED) is 0.315. The van der Waals surface area contributed by atoms with E-state index in [-0.39, 0.29) is 36.9 Å². The molecule has 3 aromatic rings. The molecule has 2 aliphatic heterocycles. The lowest BCUT2D eigenvalue weighted by Crippen LogP contribution is -2.57. The minimum atomic E-state index is -0.901. The third kappa shape index (κ3) is 7.89. The van der Waals surface area contributed by atoms with E-state index < -0.39 is 29.7 Å². The first-order valence-corrected chi connectivity index (χ1v) is 18.2. The van der Waals surface area contributed by atoms with Gasteiger partial charge in [-0.05, 0) is 82.3 Å². The van der Waals surface area contributed by atoms with Gasteiger partial charge >= 0.3 is 6.09 Å². The van der Waals surface area contributed by atoms with Crippen LogP contribution >= 0.6 is 0 Å². The number of aryl methyl sites for hydroxylation is 2. The molecule has 2 amide bonds. The number of nitrogens with one attached hydrogen (secondary N) is 1. The summed E-state index contributed by atoms with van der Waals surface area (Å²) in [6.07, 6.45) is 8.37. The number of rotatable bonds is 5. The molecule has 6 rings (SSSR count). The van der Waals surface area contributed by atoms with Gasteiger partial charge in [-0.15, -0.1) is 0 Å². The van der Waals surface area contributed by atoms with Gasteiger partial charge in [-0.1, -0.05) is 40.5 Å². The van der Waals surface area contributed by atoms with Crippen LogP contribution in [-0.4, -0.2) is 68.5 Å². The number of amides is 2. The summed E-state index contributed by atoms with van der Waals surface area (Å²) in [6.45, 7) is 11.4. The number of carbonyl (C=O) groups is 3. The predicted octanol–water partition coefficient (Wildman–Crippen LogP) is 6.50. The van der Waals surface area contributed by atoms with Crippen LogP contribution in [0.2, 0.25) is 0 Å². The summed E-state index contributed by atoms with van der Waals surface area (Å²) < 4.78 is 24.2. The summed E-state index contributed by atoms with van der Waals surface area (Å²) in [5.74, 6) is 1.75. The predicted molar refractivity (Wildman–Crippen MR) is 186 cm³/mol. The van der Waals surface area contributed by atoms with Crippen molar-refractivity contribution < 1.29 is 33.0 Å². The van der Waals surface area contributed by atoms with E-state index in [1.807, 2.05) is 52.8 Å². The largest absolute Gasteiger partial charge is 0.484 e. The normalized spacial score (nSPS) is 26.6. The smallest absolute Gasteiger partial charge is 0.408 e. The summed E-state index contributed by atoms with van der Waals surface area (Å²) in [6, 6.07) is 3.96. The Balaban J connectivity index is 1.34. The van der Waals surface area contributed by atoms with Gasteiger partial charge in [0.15, 0.2) is 12.4 Å². The third-order valence-electron chi connectivity index (χ3n) is 10.4. The molecule has 6 atom stereocenters. The highest BCUT2D eigenvalue weighted by Gasteiger charge is 2.50. The average Bonchev–Trinajstić information content (AvgIpc) is 3.79. The number of hydrogen-bond acceptors (Lipinski definition) is 10. The zero-order valence-electron chi connectivity index (χ0n) is 30.2. The van der Waals surface area contributed by atoms with Crippen LogP contribution in [0.5, 0.6) is 11.6 Å². The number of ketones is 1. The monoisotopic (exact) mass is 689 g/mol. The van der Waals surface area contributed by atoms with Crippen molar-refractivity contribution in [2.75, 3.05) is 6.54 Å². The number of oxazole rings is 1. The second-order valence-electron chi connectivity index (χ2n) is 15.2. The number of Topliss-reactive ketones (excluding diaryl/α,β-unsaturated/α-hetero) is 1. The van der Waals surface area contributed by atoms with Gasteiger partial charge in [0, 0.05) is 12.0 Å². The van der Waals surface area contributed by atoms with E-state index in [0.29, 0.717) is 47.6 Å². The van der Waals surface area contributed by atoms with Crippen LogP contribution in [0.15, 0.2) is 28.8 Å². The second kappa shape index (κ2) is 14.9. The summed E-state index contributed by atoms with van der Waals surface area (Å²) in [7, 11) is 0. The molecule has 1 saturated heterocycles. The average molecular weight is 690 g/mol. The second-order valence-corrected chi connectivity index (χ2v) is 15.2. The lowest BCUT2D eigenvalue weighted by molar-refractivity contribution is -0.141. The third-order valence-corrected chi connectivity index (χ3v) is 10.4. The van der Waals surface area contributed by atoms with Crippen LogP contribution in [0.1, 0.15) is 103 Å². The van der Waals surface area contributed by atoms with Gasteiger partial charge < -0.3 is 28.8 Å². The zero-order valence-corrected chi connectivity index (χ0v) is 30.2. The maximum Gasteiger partial charge on any atom is 0.408 e. The first-order chi connectivity index (χ1) is 23.9. The molecule has 1 aliphatic carbocycles. The molecule has 2 aromatic heterocycles. The Morgan fingerprint density at radius 1 is 1.02 bits per heavy atom. The van der Waals surface area contributed by atoms with E-state index in [4.69, 9.17) is 28.6 Å². The van der Waals surface area contributed by atoms with Crippen LogP contribution in [-0.2, 0) is 27.4 Å². The minimum Gasteiger partial charge on any atom is -0.484 e. The van der Waals surface area contributed by atoms with Crippen LogP contribution in [0, 0.1) is 24.2 Å². The van der Waals surface area contributed by atoms with Gasteiger partial charge in [0.05, 0.1) is 29.8 Å². The van der Waals surface area contributed by atoms with E-state index >= 15 is 0 Å². The highest BCUT2D eigenvalue weighted by atomic mass is 16.6. The minimum absolute atomic E-state index is 0.126. The van der Waals surface area contributed by atoms with E-state index in [9.17, 15) is 14.4 Å². The van der Waals surface area contributed by atoms with Crippen LogP contribution < -0.4 is 14.8 Å². The standard InChI is InChI=1S/C38H51N5O7/c1-7-26-31-20-43(33(26)23(3)44)36(45)34(38(4,5)6)42-37(46)50-30-15-11-13-24(30)12-9-8-10-14-28-35(49-31)41-29-18-25(16-17-27(29)40-28)47-21-32-39-19-22(2)48-32/h16-19,24,26,30-31,33-34H,7-15,20-21H2,1-6H3,(H,42,46)/t24-,26-,30-,31+,33-,34-/m1/s1. The molecule has 270 valence electrons. The van der Waals surface area contributed by atoms with Crippen molar-refractivity contribution in [1.82, 2.24) is 25.2 Å². The molecule has 4 heterocycles.